The number of carbonyl (C=O) groups excluding carboxylic acids is 2. The Morgan fingerprint density at radius 1 is 1.32 bits per heavy atom. The molecule has 3 heterocycles. The molecule has 0 aromatic rings. The first-order valence-corrected chi connectivity index (χ1v) is 7.13. The van der Waals surface area contributed by atoms with Crippen LogP contribution < -0.4 is 5.32 Å². The van der Waals surface area contributed by atoms with Crippen LogP contribution in [-0.2, 0) is 14.3 Å². The smallest absolute Gasteiger partial charge is 0.246 e. The van der Waals surface area contributed by atoms with E-state index in [9.17, 15) is 9.59 Å². The topological polar surface area (TPSA) is 61.9 Å². The molecule has 19 heavy (non-hydrogen) atoms. The minimum Gasteiger partial charge on any atom is -0.366 e. The van der Waals surface area contributed by atoms with E-state index in [0.29, 0.717) is 6.54 Å². The van der Waals surface area contributed by atoms with Crippen LogP contribution in [0.3, 0.4) is 0 Å². The number of carbonyl (C=O) groups is 2. The summed E-state index contributed by atoms with van der Waals surface area (Å²) in [5.41, 5.74) is 0. The van der Waals surface area contributed by atoms with Gasteiger partial charge in [-0.2, -0.15) is 0 Å². The molecule has 0 saturated carbocycles. The van der Waals surface area contributed by atoms with Crippen LogP contribution in [-0.4, -0.2) is 73.1 Å². The fourth-order valence-electron chi connectivity index (χ4n) is 3.17. The van der Waals surface area contributed by atoms with Gasteiger partial charge in [0, 0.05) is 26.2 Å². The molecule has 1 N–H and O–H groups in total. The van der Waals surface area contributed by atoms with Crippen LogP contribution in [0.1, 0.15) is 19.3 Å². The molecule has 3 fully saturated rings. The van der Waals surface area contributed by atoms with Crippen molar-refractivity contribution in [3.05, 3.63) is 0 Å². The van der Waals surface area contributed by atoms with Crippen molar-refractivity contribution in [1.29, 1.82) is 0 Å². The van der Waals surface area contributed by atoms with Crippen molar-refractivity contribution < 1.29 is 14.3 Å². The summed E-state index contributed by atoms with van der Waals surface area (Å²) in [7, 11) is 0. The minimum atomic E-state index is -0.0473. The predicted octanol–water partition coefficient (Wildman–Crippen LogP) is -0.802. The number of nitrogens with one attached hydrogen (secondary N) is 1. The summed E-state index contributed by atoms with van der Waals surface area (Å²) in [6.45, 7) is 4.04. The second kappa shape index (κ2) is 5.46. The lowest BCUT2D eigenvalue weighted by Crippen LogP contribution is -2.61. The first-order chi connectivity index (χ1) is 9.22. The Morgan fingerprint density at radius 3 is 2.89 bits per heavy atom. The van der Waals surface area contributed by atoms with Crippen molar-refractivity contribution in [1.82, 2.24) is 15.1 Å². The van der Waals surface area contributed by atoms with Crippen molar-refractivity contribution in [2.75, 3.05) is 39.3 Å². The van der Waals surface area contributed by atoms with Gasteiger partial charge in [-0.1, -0.05) is 0 Å². The third-order valence-corrected chi connectivity index (χ3v) is 4.23. The number of hydrogen-bond donors (Lipinski definition) is 1. The number of nitrogens with zero attached hydrogens (tertiary/aromatic N) is 2. The molecule has 2 amide bonds. The Bertz CT molecular complexity index is 368. The molecule has 106 valence electrons. The summed E-state index contributed by atoms with van der Waals surface area (Å²) in [4.78, 5) is 27.5. The second-order valence-electron chi connectivity index (χ2n) is 5.64. The fraction of sp³-hybridized carbons (Fsp3) is 0.846. The molecule has 0 radical (unpaired) electrons. The van der Waals surface area contributed by atoms with Gasteiger partial charge in [0.2, 0.25) is 11.8 Å². The van der Waals surface area contributed by atoms with E-state index < -0.39 is 0 Å². The highest BCUT2D eigenvalue weighted by atomic mass is 16.5. The Hall–Kier alpha value is -1.14. The summed E-state index contributed by atoms with van der Waals surface area (Å²) in [6, 6.07) is 0.0429. The van der Waals surface area contributed by atoms with Crippen LogP contribution in [0, 0.1) is 0 Å². The number of rotatable bonds is 2. The summed E-state index contributed by atoms with van der Waals surface area (Å²) in [5.74, 6) is 0.174. The van der Waals surface area contributed by atoms with Crippen LogP contribution in [0.4, 0.5) is 0 Å². The van der Waals surface area contributed by atoms with Crippen LogP contribution >= 0.6 is 0 Å². The number of piperidine rings is 1. The number of hydrogen-bond acceptors (Lipinski definition) is 4. The van der Waals surface area contributed by atoms with Crippen LogP contribution in [0.5, 0.6) is 0 Å². The van der Waals surface area contributed by atoms with Gasteiger partial charge in [-0.05, 0) is 19.3 Å². The van der Waals surface area contributed by atoms with Crippen LogP contribution in [0.15, 0.2) is 0 Å². The number of likely N-dealkylation sites (tertiary alicyclic amines) is 2. The second-order valence-corrected chi connectivity index (χ2v) is 5.64. The standard InChI is InChI=1S/C13H21N3O3/c17-12-9-19-11-3-6-15(7-10(11)14-12)8-13(18)16-4-1-2-5-16/h10-11H,1-9H2,(H,14,17)/t10-,11+/m0/s1. The van der Waals surface area contributed by atoms with Gasteiger partial charge in [-0.15, -0.1) is 0 Å². The molecule has 0 aromatic carbocycles. The van der Waals surface area contributed by atoms with E-state index in [-0.39, 0.29) is 30.6 Å². The normalized spacial score (nSPS) is 32.0. The molecular weight excluding hydrogens is 246 g/mol. The summed E-state index contributed by atoms with van der Waals surface area (Å²) in [5, 5.41) is 2.96. The van der Waals surface area contributed by atoms with Crippen LogP contribution in [0.2, 0.25) is 0 Å². The third kappa shape index (κ3) is 2.90. The van der Waals surface area contributed by atoms with E-state index in [1.54, 1.807) is 0 Å². The molecule has 3 saturated heterocycles. The zero-order valence-electron chi connectivity index (χ0n) is 11.1. The van der Waals surface area contributed by atoms with E-state index in [4.69, 9.17) is 4.74 Å². The Morgan fingerprint density at radius 2 is 2.11 bits per heavy atom. The molecule has 0 bridgehead atoms. The first kappa shape index (κ1) is 12.9. The zero-order chi connectivity index (χ0) is 13.2. The van der Waals surface area contributed by atoms with E-state index >= 15 is 0 Å². The number of fused-ring (bicyclic) bond motifs is 1. The molecule has 0 aliphatic carbocycles. The van der Waals surface area contributed by atoms with Crippen LogP contribution in [0.25, 0.3) is 0 Å². The highest BCUT2D eigenvalue weighted by molar-refractivity contribution is 5.79. The highest BCUT2D eigenvalue weighted by Crippen LogP contribution is 2.18. The third-order valence-electron chi connectivity index (χ3n) is 4.23. The summed E-state index contributed by atoms with van der Waals surface area (Å²) >= 11 is 0. The monoisotopic (exact) mass is 267 g/mol. The van der Waals surface area contributed by atoms with Gasteiger partial charge in [0.25, 0.3) is 0 Å². The van der Waals surface area contributed by atoms with Gasteiger partial charge in [0.05, 0.1) is 18.7 Å². The SMILES string of the molecule is O=C1CO[C@@H]2CCN(CC(=O)N3CCCC3)C[C@@H]2N1. The number of morpholine rings is 1. The molecule has 0 spiro atoms. The number of ether oxygens (including phenoxy) is 1. The van der Waals surface area contributed by atoms with E-state index in [1.807, 2.05) is 4.90 Å². The van der Waals surface area contributed by atoms with Crippen molar-refractivity contribution in [2.24, 2.45) is 0 Å². The Kier molecular flexibility index (Phi) is 3.70. The maximum atomic E-state index is 12.1. The molecule has 3 aliphatic heterocycles. The average Bonchev–Trinajstić information content (AvgIpc) is 2.92. The zero-order valence-corrected chi connectivity index (χ0v) is 11.1. The molecule has 2 atom stereocenters. The maximum absolute atomic E-state index is 12.1. The van der Waals surface area contributed by atoms with E-state index in [0.717, 1.165) is 45.4 Å². The van der Waals surface area contributed by atoms with Crippen molar-refractivity contribution >= 4 is 11.8 Å². The molecule has 6 heteroatoms. The van der Waals surface area contributed by atoms with Gasteiger partial charge in [0.1, 0.15) is 6.61 Å². The molecule has 6 nitrogen and oxygen atoms in total. The van der Waals surface area contributed by atoms with Gasteiger partial charge in [-0.25, -0.2) is 0 Å². The van der Waals surface area contributed by atoms with Gasteiger partial charge in [0.15, 0.2) is 0 Å². The lowest BCUT2D eigenvalue weighted by molar-refractivity contribution is -0.141. The predicted molar refractivity (Wildman–Crippen MR) is 68.5 cm³/mol. The van der Waals surface area contributed by atoms with Crippen molar-refractivity contribution in [2.45, 2.75) is 31.4 Å². The average molecular weight is 267 g/mol. The van der Waals surface area contributed by atoms with Crippen molar-refractivity contribution in [3.63, 3.8) is 0 Å². The number of amides is 2. The van der Waals surface area contributed by atoms with Crippen molar-refractivity contribution in [3.8, 4) is 0 Å². The van der Waals surface area contributed by atoms with E-state index in [1.165, 1.54) is 0 Å². The van der Waals surface area contributed by atoms with E-state index in [2.05, 4.69) is 10.2 Å². The minimum absolute atomic E-state index is 0.0429. The Labute approximate surface area is 113 Å². The van der Waals surface area contributed by atoms with Gasteiger partial charge < -0.3 is 15.0 Å². The molecule has 0 aromatic heterocycles. The highest BCUT2D eigenvalue weighted by Gasteiger charge is 2.35. The maximum Gasteiger partial charge on any atom is 0.246 e. The molecule has 0 unspecified atom stereocenters. The lowest BCUT2D eigenvalue weighted by Gasteiger charge is -2.41. The summed E-state index contributed by atoms with van der Waals surface area (Å²) < 4.78 is 5.51. The molecular formula is C13H21N3O3. The van der Waals surface area contributed by atoms with Gasteiger partial charge in [-0.3, -0.25) is 14.5 Å². The Balaban J connectivity index is 1.52. The van der Waals surface area contributed by atoms with Gasteiger partial charge >= 0.3 is 0 Å². The first-order valence-electron chi connectivity index (χ1n) is 7.13. The lowest BCUT2D eigenvalue weighted by atomic mass is 10.0. The quantitative estimate of drug-likeness (QED) is 0.711. The molecule has 3 aliphatic rings. The largest absolute Gasteiger partial charge is 0.366 e. The molecule has 3 rings (SSSR count). The summed E-state index contributed by atoms with van der Waals surface area (Å²) in [6.07, 6.45) is 3.26. The fourth-order valence-corrected chi connectivity index (χ4v) is 3.17.